The van der Waals surface area contributed by atoms with Crippen LogP contribution >= 0.6 is 0 Å². The summed E-state index contributed by atoms with van der Waals surface area (Å²) < 4.78 is 5.55. The van der Waals surface area contributed by atoms with E-state index in [9.17, 15) is 9.90 Å². The number of aliphatic hydroxyl groups is 1. The van der Waals surface area contributed by atoms with Crippen molar-refractivity contribution in [2.24, 2.45) is 0 Å². The number of unbranched alkanes of at least 4 members (excludes halogenated alkanes) is 1. The Kier molecular flexibility index (Phi) is 9.20. The minimum atomic E-state index is -1.46. The number of nitrogens with one attached hydrogen (secondary N) is 1. The second-order valence-electron chi connectivity index (χ2n) is 7.81. The van der Waals surface area contributed by atoms with Crippen LogP contribution in [0.5, 0.6) is 0 Å². The van der Waals surface area contributed by atoms with E-state index < -0.39 is 8.07 Å². The first kappa shape index (κ1) is 21.3. The van der Waals surface area contributed by atoms with Gasteiger partial charge in [-0.25, -0.2) is 0 Å². The summed E-state index contributed by atoms with van der Waals surface area (Å²) in [6.45, 7) is 18.4. The molecule has 0 radical (unpaired) electrons. The number of amides is 1. The fourth-order valence-corrected chi connectivity index (χ4v) is 3.76. The zero-order valence-corrected chi connectivity index (χ0v) is 16.3. The lowest BCUT2D eigenvalue weighted by molar-refractivity contribution is -0.117. The normalized spacial score (nSPS) is 13.8. The Bertz CT molecular complexity index is 361. The molecule has 0 aliphatic rings. The molecule has 0 saturated carbocycles. The highest BCUT2D eigenvalue weighted by Gasteiger charge is 2.36. The van der Waals surface area contributed by atoms with Crippen LogP contribution in [0.2, 0.25) is 24.2 Å². The van der Waals surface area contributed by atoms with Crippen LogP contribution in [0.25, 0.3) is 0 Å². The number of rotatable bonds is 10. The van der Waals surface area contributed by atoms with Gasteiger partial charge in [0.1, 0.15) is 0 Å². The Balaban J connectivity index is 3.72. The zero-order chi connectivity index (χ0) is 17.4. The molecule has 0 aromatic heterocycles. The second kappa shape index (κ2) is 9.48. The monoisotopic (exact) mass is 329 g/mol. The van der Waals surface area contributed by atoms with Gasteiger partial charge in [-0.05, 0) is 30.8 Å². The molecule has 0 rings (SSSR count). The van der Waals surface area contributed by atoms with E-state index in [1.165, 1.54) is 0 Å². The lowest BCUT2D eigenvalue weighted by Crippen LogP contribution is -2.41. The molecule has 1 amide bonds. The maximum absolute atomic E-state index is 11.3. The molecule has 1 atom stereocenters. The van der Waals surface area contributed by atoms with E-state index in [1.54, 1.807) is 6.92 Å². The van der Waals surface area contributed by atoms with Crippen LogP contribution in [0.3, 0.4) is 0 Å². The third kappa shape index (κ3) is 8.71. The molecule has 130 valence electrons. The first-order valence-electron chi connectivity index (χ1n) is 8.17. The van der Waals surface area contributed by atoms with Crippen molar-refractivity contribution in [2.45, 2.75) is 70.8 Å². The van der Waals surface area contributed by atoms with Gasteiger partial charge in [-0.1, -0.05) is 40.4 Å². The van der Waals surface area contributed by atoms with E-state index >= 15 is 0 Å². The predicted molar refractivity (Wildman–Crippen MR) is 95.9 cm³/mol. The number of hydrogen-bond acceptors (Lipinski definition) is 3. The molecular formula is C17H35NO3Si. The topological polar surface area (TPSA) is 58.6 Å². The Hall–Kier alpha value is -0.653. The van der Waals surface area contributed by atoms with Gasteiger partial charge in [0.05, 0.1) is 20.8 Å². The maximum atomic E-state index is 11.3. The van der Waals surface area contributed by atoms with E-state index in [0.29, 0.717) is 25.3 Å². The molecule has 22 heavy (non-hydrogen) atoms. The van der Waals surface area contributed by atoms with Gasteiger partial charge in [0.2, 0.25) is 5.91 Å². The van der Waals surface area contributed by atoms with Crippen LogP contribution in [0, 0.1) is 0 Å². The molecule has 0 aromatic rings. The fraction of sp³-hybridized carbons (Fsp3) is 0.824. The Morgan fingerprint density at radius 3 is 2.41 bits per heavy atom. The molecule has 4 nitrogen and oxygen atoms in total. The van der Waals surface area contributed by atoms with Crippen molar-refractivity contribution >= 4 is 14.0 Å². The van der Waals surface area contributed by atoms with E-state index in [2.05, 4.69) is 45.8 Å². The molecule has 0 saturated heterocycles. The summed E-state index contributed by atoms with van der Waals surface area (Å²) in [5.41, 5.74) is 0.532. The van der Waals surface area contributed by atoms with Gasteiger partial charge < -0.3 is 15.2 Å². The van der Waals surface area contributed by atoms with Gasteiger partial charge in [-0.15, -0.1) is 0 Å². The van der Waals surface area contributed by atoms with Crippen LogP contribution in [-0.4, -0.2) is 45.0 Å². The van der Waals surface area contributed by atoms with Crippen molar-refractivity contribution in [3.8, 4) is 0 Å². The third-order valence-corrected chi connectivity index (χ3v) is 10.0. The SMILES string of the molecule is C=C(C)C(=O)NCCCCOCC(O)C[Si](C)(C)C(C)(C)C. The first-order valence-corrected chi connectivity index (χ1v) is 11.4. The minimum absolute atomic E-state index is 0.0919. The standard InChI is InChI=1S/C17H35NO3Si/c1-14(2)16(20)18-10-8-9-11-21-12-15(19)13-22(6,7)17(3,4)5/h15,19H,1,8-13H2,2-7H3,(H,18,20). The molecule has 0 heterocycles. The highest BCUT2D eigenvalue weighted by molar-refractivity contribution is 6.80. The molecule has 0 spiro atoms. The Labute approximate surface area is 137 Å². The van der Waals surface area contributed by atoms with Crippen LogP contribution in [0.15, 0.2) is 12.2 Å². The van der Waals surface area contributed by atoms with Crippen molar-refractivity contribution in [1.29, 1.82) is 0 Å². The smallest absolute Gasteiger partial charge is 0.246 e. The summed E-state index contributed by atoms with van der Waals surface area (Å²) >= 11 is 0. The van der Waals surface area contributed by atoms with Crippen molar-refractivity contribution in [1.82, 2.24) is 5.32 Å². The summed E-state index contributed by atoms with van der Waals surface area (Å²) in [6, 6.07) is 0.866. The third-order valence-electron chi connectivity index (χ3n) is 4.48. The number of carbonyl (C=O) groups is 1. The zero-order valence-electron chi connectivity index (χ0n) is 15.3. The lowest BCUT2D eigenvalue weighted by atomic mass is 10.2. The van der Waals surface area contributed by atoms with Crippen molar-refractivity contribution in [3.63, 3.8) is 0 Å². The molecule has 0 fully saturated rings. The van der Waals surface area contributed by atoms with Crippen molar-refractivity contribution < 1.29 is 14.6 Å². The quantitative estimate of drug-likeness (QED) is 0.367. The molecule has 1 unspecified atom stereocenters. The molecule has 0 aliphatic carbocycles. The first-order chi connectivity index (χ1) is 9.97. The van der Waals surface area contributed by atoms with E-state index in [-0.39, 0.29) is 17.0 Å². The van der Waals surface area contributed by atoms with Gasteiger partial charge in [0.25, 0.3) is 0 Å². The number of ether oxygens (including phenoxy) is 1. The van der Waals surface area contributed by atoms with E-state index in [1.807, 2.05) is 0 Å². The van der Waals surface area contributed by atoms with Crippen molar-refractivity contribution in [3.05, 3.63) is 12.2 Å². The molecule has 5 heteroatoms. The van der Waals surface area contributed by atoms with Gasteiger partial charge in [0, 0.05) is 18.7 Å². The fourth-order valence-electron chi connectivity index (χ4n) is 1.86. The second-order valence-corrected chi connectivity index (χ2v) is 13.5. The van der Waals surface area contributed by atoms with E-state index in [0.717, 1.165) is 18.9 Å². The average molecular weight is 330 g/mol. The predicted octanol–water partition coefficient (Wildman–Crippen LogP) is 3.34. The summed E-state index contributed by atoms with van der Waals surface area (Å²) in [6.07, 6.45) is 1.38. The summed E-state index contributed by atoms with van der Waals surface area (Å²) in [4.78, 5) is 11.3. The van der Waals surface area contributed by atoms with Gasteiger partial charge in [0.15, 0.2) is 0 Å². The molecular weight excluding hydrogens is 294 g/mol. The molecule has 0 bridgehead atoms. The minimum Gasteiger partial charge on any atom is -0.391 e. The van der Waals surface area contributed by atoms with Crippen LogP contribution in [-0.2, 0) is 9.53 Å². The van der Waals surface area contributed by atoms with Crippen LogP contribution < -0.4 is 5.32 Å². The summed E-state index contributed by atoms with van der Waals surface area (Å²) in [5.74, 6) is -0.0919. The number of hydrogen-bond donors (Lipinski definition) is 2. The van der Waals surface area contributed by atoms with Gasteiger partial charge >= 0.3 is 0 Å². The van der Waals surface area contributed by atoms with Gasteiger partial charge in [-0.3, -0.25) is 4.79 Å². The van der Waals surface area contributed by atoms with Crippen LogP contribution in [0.1, 0.15) is 40.5 Å². The van der Waals surface area contributed by atoms with Gasteiger partial charge in [-0.2, -0.15) is 0 Å². The number of carbonyl (C=O) groups excluding carboxylic acids is 1. The average Bonchev–Trinajstić information content (AvgIpc) is 2.35. The van der Waals surface area contributed by atoms with Crippen molar-refractivity contribution in [2.75, 3.05) is 19.8 Å². The number of aliphatic hydroxyl groups excluding tert-OH is 1. The Morgan fingerprint density at radius 2 is 1.91 bits per heavy atom. The highest BCUT2D eigenvalue weighted by Crippen LogP contribution is 2.39. The molecule has 2 N–H and O–H groups in total. The van der Waals surface area contributed by atoms with E-state index in [4.69, 9.17) is 4.74 Å². The highest BCUT2D eigenvalue weighted by atomic mass is 28.3. The lowest BCUT2D eigenvalue weighted by Gasteiger charge is -2.38. The summed E-state index contributed by atoms with van der Waals surface area (Å²) in [5, 5.41) is 13.2. The van der Waals surface area contributed by atoms with Crippen LogP contribution in [0.4, 0.5) is 0 Å². The largest absolute Gasteiger partial charge is 0.391 e. The summed E-state index contributed by atoms with van der Waals surface area (Å²) in [7, 11) is -1.46. The molecule has 0 aliphatic heterocycles. The maximum Gasteiger partial charge on any atom is 0.246 e. The molecule has 0 aromatic carbocycles. The Morgan fingerprint density at radius 1 is 1.32 bits per heavy atom.